The molecule has 0 heterocycles. The lowest BCUT2D eigenvalue weighted by atomic mass is 9.68. The van der Waals surface area contributed by atoms with Gasteiger partial charge in [0.05, 0.1) is 0 Å². The van der Waals surface area contributed by atoms with Gasteiger partial charge < -0.3 is 4.74 Å². The zero-order valence-electron chi connectivity index (χ0n) is 20.2. The number of unbranched alkanes of at least 4 members (excludes halogenated alkanes) is 2. The van der Waals surface area contributed by atoms with Crippen LogP contribution in [0.15, 0.2) is 12.1 Å². The molecule has 1 nitrogen and oxygen atoms in total. The van der Waals surface area contributed by atoms with Gasteiger partial charge in [-0.25, -0.2) is 4.39 Å². The van der Waals surface area contributed by atoms with Crippen molar-refractivity contribution in [3.8, 4) is 18.1 Å². The molecule has 1 aromatic rings. The van der Waals surface area contributed by atoms with Gasteiger partial charge in [-0.05, 0) is 86.7 Å². The number of halogens is 2. The largest absolute Gasteiger partial charge is 0.475 e. The summed E-state index contributed by atoms with van der Waals surface area (Å²) in [6.45, 7) is 4.40. The normalized spacial score (nSPS) is 27.0. The molecule has 0 saturated heterocycles. The van der Waals surface area contributed by atoms with Crippen molar-refractivity contribution < 1.29 is 13.5 Å². The summed E-state index contributed by atoms with van der Waals surface area (Å²) in [6.07, 6.45) is 21.1. The van der Waals surface area contributed by atoms with Crippen LogP contribution < -0.4 is 4.74 Å². The average molecular weight is 445 g/mol. The molecule has 32 heavy (non-hydrogen) atoms. The van der Waals surface area contributed by atoms with E-state index >= 15 is 0 Å². The van der Waals surface area contributed by atoms with Crippen LogP contribution in [0, 0.1) is 41.7 Å². The van der Waals surface area contributed by atoms with Crippen molar-refractivity contribution in [2.24, 2.45) is 17.8 Å². The summed E-state index contributed by atoms with van der Waals surface area (Å²) < 4.78 is 35.4. The van der Waals surface area contributed by atoms with Gasteiger partial charge in [0, 0.05) is 0 Å². The Labute approximate surface area is 194 Å². The van der Waals surface area contributed by atoms with Gasteiger partial charge in [-0.15, -0.1) is 6.42 Å². The van der Waals surface area contributed by atoms with Crippen molar-refractivity contribution >= 4 is 0 Å². The van der Waals surface area contributed by atoms with Crippen LogP contribution >= 0.6 is 0 Å². The molecule has 0 unspecified atom stereocenters. The number of rotatable bonds is 10. The van der Waals surface area contributed by atoms with Crippen LogP contribution in [0.1, 0.15) is 115 Å². The second-order valence-corrected chi connectivity index (χ2v) is 10.2. The van der Waals surface area contributed by atoms with E-state index in [0.29, 0.717) is 12.0 Å². The number of benzene rings is 1. The van der Waals surface area contributed by atoms with Crippen LogP contribution in [0.5, 0.6) is 5.75 Å². The first-order chi connectivity index (χ1) is 15.6. The molecule has 0 aliphatic heterocycles. The van der Waals surface area contributed by atoms with Crippen LogP contribution in [0.4, 0.5) is 8.78 Å². The predicted octanol–water partition coefficient (Wildman–Crippen LogP) is 8.81. The highest BCUT2D eigenvalue weighted by molar-refractivity contribution is 5.34. The van der Waals surface area contributed by atoms with E-state index in [1.54, 1.807) is 12.1 Å². The highest BCUT2D eigenvalue weighted by Gasteiger charge is 2.32. The molecular weight excluding hydrogens is 402 g/mol. The summed E-state index contributed by atoms with van der Waals surface area (Å²) in [7, 11) is 0. The Hall–Kier alpha value is -1.56. The average Bonchev–Trinajstić information content (AvgIpc) is 2.82. The summed E-state index contributed by atoms with van der Waals surface area (Å²) in [6, 6.07) is 3.31. The van der Waals surface area contributed by atoms with Crippen molar-refractivity contribution in [2.45, 2.75) is 116 Å². The highest BCUT2D eigenvalue weighted by Crippen LogP contribution is 2.45. The van der Waals surface area contributed by atoms with Crippen molar-refractivity contribution in [3.63, 3.8) is 0 Å². The monoisotopic (exact) mass is 444 g/mol. The minimum atomic E-state index is -0.880. The zero-order valence-corrected chi connectivity index (χ0v) is 20.2. The molecule has 2 aliphatic carbocycles. The third-order valence-electron chi connectivity index (χ3n) is 8.07. The molecule has 1 aromatic carbocycles. The van der Waals surface area contributed by atoms with Gasteiger partial charge in [0.1, 0.15) is 0 Å². The molecule has 3 heteroatoms. The van der Waals surface area contributed by atoms with Crippen molar-refractivity contribution in [1.82, 2.24) is 0 Å². The Morgan fingerprint density at radius 3 is 2.16 bits per heavy atom. The topological polar surface area (TPSA) is 9.23 Å². The van der Waals surface area contributed by atoms with Crippen molar-refractivity contribution in [1.29, 1.82) is 0 Å². The summed E-state index contributed by atoms with van der Waals surface area (Å²) in [5, 5.41) is 0. The van der Waals surface area contributed by atoms with Gasteiger partial charge >= 0.3 is 0 Å². The predicted molar refractivity (Wildman–Crippen MR) is 129 cm³/mol. The summed E-state index contributed by atoms with van der Waals surface area (Å²) in [5.41, 5.74) is 0.517. The lowest BCUT2D eigenvalue weighted by molar-refractivity contribution is 0.155. The van der Waals surface area contributed by atoms with E-state index < -0.39 is 17.7 Å². The SMILES string of the molecule is C#C[C@H](CCCCC)Oc1ccc([C@H]2CC[C@@H]([C@H]3CC[C@@H](CCC)CC3)CC2)c(F)c1F. The number of hydrogen-bond acceptors (Lipinski definition) is 1. The van der Waals surface area contributed by atoms with E-state index in [1.807, 2.05) is 0 Å². The number of hydrogen-bond donors (Lipinski definition) is 0. The lowest BCUT2D eigenvalue weighted by Crippen LogP contribution is -2.25. The summed E-state index contributed by atoms with van der Waals surface area (Å²) in [5.74, 6) is 3.55. The molecule has 178 valence electrons. The molecule has 0 N–H and O–H groups in total. The van der Waals surface area contributed by atoms with Crippen molar-refractivity contribution in [3.05, 3.63) is 29.3 Å². The maximum Gasteiger partial charge on any atom is 0.200 e. The van der Waals surface area contributed by atoms with E-state index in [4.69, 9.17) is 11.2 Å². The van der Waals surface area contributed by atoms with Crippen molar-refractivity contribution in [2.75, 3.05) is 0 Å². The summed E-state index contributed by atoms with van der Waals surface area (Å²) >= 11 is 0. The first-order valence-electron chi connectivity index (χ1n) is 13.2. The van der Waals surface area contributed by atoms with Gasteiger partial charge in [-0.2, -0.15) is 4.39 Å². The van der Waals surface area contributed by atoms with E-state index in [9.17, 15) is 8.78 Å². The molecule has 2 aliphatic rings. The van der Waals surface area contributed by atoms with Gasteiger partial charge in [-0.3, -0.25) is 0 Å². The smallest absolute Gasteiger partial charge is 0.200 e. The zero-order chi connectivity index (χ0) is 22.9. The van der Waals surface area contributed by atoms with Crippen LogP contribution in [0.25, 0.3) is 0 Å². The van der Waals surface area contributed by atoms with E-state index in [0.717, 1.165) is 62.7 Å². The molecule has 0 aromatic heterocycles. The molecule has 0 amide bonds. The molecule has 2 fully saturated rings. The molecular formula is C29H42F2O. The third-order valence-corrected chi connectivity index (χ3v) is 8.07. The van der Waals surface area contributed by atoms with Crippen LogP contribution in [0.3, 0.4) is 0 Å². The van der Waals surface area contributed by atoms with Crippen LogP contribution in [-0.2, 0) is 0 Å². The maximum absolute atomic E-state index is 15.0. The minimum Gasteiger partial charge on any atom is -0.475 e. The molecule has 1 atom stereocenters. The van der Waals surface area contributed by atoms with E-state index in [2.05, 4.69) is 19.8 Å². The Bertz CT molecular complexity index is 736. The fourth-order valence-electron chi connectivity index (χ4n) is 6.12. The number of terminal acetylenes is 1. The van der Waals surface area contributed by atoms with Crippen LogP contribution in [-0.4, -0.2) is 6.10 Å². The second-order valence-electron chi connectivity index (χ2n) is 10.2. The van der Waals surface area contributed by atoms with Crippen LogP contribution in [0.2, 0.25) is 0 Å². The Morgan fingerprint density at radius 1 is 0.906 bits per heavy atom. The first kappa shape index (κ1) is 25.1. The standard InChI is InChI=1S/C29H42F2O/c1-4-7-8-10-25(6-3)32-27-20-19-26(28(30)29(27)31)24-17-15-23(16-18-24)22-13-11-21(9-5-2)12-14-22/h3,19-25H,4-5,7-18H2,1-2H3/t21-,22+,23-,24+,25-/m1/s1. The van der Waals surface area contributed by atoms with E-state index in [1.165, 1.54) is 38.5 Å². The quantitative estimate of drug-likeness (QED) is 0.259. The third kappa shape index (κ3) is 6.49. The van der Waals surface area contributed by atoms with Gasteiger partial charge in [0.25, 0.3) is 0 Å². The number of ether oxygens (including phenoxy) is 1. The Morgan fingerprint density at radius 2 is 1.56 bits per heavy atom. The second kappa shape index (κ2) is 12.6. The summed E-state index contributed by atoms with van der Waals surface area (Å²) in [4.78, 5) is 0. The highest BCUT2D eigenvalue weighted by atomic mass is 19.2. The van der Waals surface area contributed by atoms with Gasteiger partial charge in [-0.1, -0.05) is 64.4 Å². The van der Waals surface area contributed by atoms with Gasteiger partial charge in [0.2, 0.25) is 5.82 Å². The Balaban J connectivity index is 1.54. The minimum absolute atomic E-state index is 0.0526. The molecule has 2 saturated carbocycles. The molecule has 0 spiro atoms. The molecule has 3 rings (SSSR count). The fraction of sp³-hybridized carbons (Fsp3) is 0.724. The molecule has 0 radical (unpaired) electrons. The van der Waals surface area contributed by atoms with Gasteiger partial charge in [0.15, 0.2) is 17.7 Å². The Kier molecular flexibility index (Phi) is 9.89. The fourth-order valence-corrected chi connectivity index (χ4v) is 6.12. The lowest BCUT2D eigenvalue weighted by Gasteiger charge is -2.38. The maximum atomic E-state index is 15.0. The molecule has 0 bridgehead atoms. The van der Waals surface area contributed by atoms with E-state index in [-0.39, 0.29) is 11.7 Å². The first-order valence-corrected chi connectivity index (χ1v) is 13.2.